The van der Waals surface area contributed by atoms with Gasteiger partial charge >= 0.3 is 12.1 Å². The molecule has 1 atom stereocenters. The SMILES string of the molecule is CCOC(=O)CCC(=O)N1CCN(CC(OCc2ccc(C(F)(F)F)cc2)c2ccc(Cl)cc2)CC1. The van der Waals surface area contributed by atoms with Crippen molar-refractivity contribution in [2.24, 2.45) is 0 Å². The maximum Gasteiger partial charge on any atom is 0.416 e. The summed E-state index contributed by atoms with van der Waals surface area (Å²) < 4.78 is 49.5. The molecule has 1 aliphatic heterocycles. The van der Waals surface area contributed by atoms with Gasteiger partial charge in [0.05, 0.1) is 31.3 Å². The molecule has 10 heteroatoms. The van der Waals surface area contributed by atoms with Crippen molar-refractivity contribution in [2.75, 3.05) is 39.3 Å². The minimum Gasteiger partial charge on any atom is -0.466 e. The van der Waals surface area contributed by atoms with E-state index in [0.29, 0.717) is 49.9 Å². The fraction of sp³-hybridized carbons (Fsp3) is 0.462. The smallest absolute Gasteiger partial charge is 0.416 e. The van der Waals surface area contributed by atoms with Crippen LogP contribution in [0.2, 0.25) is 5.02 Å². The summed E-state index contributed by atoms with van der Waals surface area (Å²) in [7, 11) is 0. The minimum absolute atomic E-state index is 0.0727. The lowest BCUT2D eigenvalue weighted by molar-refractivity contribution is -0.146. The van der Waals surface area contributed by atoms with Gasteiger partial charge in [0.15, 0.2) is 0 Å². The summed E-state index contributed by atoms with van der Waals surface area (Å²) in [6.07, 6.45) is -4.52. The lowest BCUT2D eigenvalue weighted by Crippen LogP contribution is -2.49. The van der Waals surface area contributed by atoms with Crippen molar-refractivity contribution in [1.29, 1.82) is 0 Å². The van der Waals surface area contributed by atoms with Gasteiger partial charge in [-0.2, -0.15) is 13.2 Å². The molecule has 36 heavy (non-hydrogen) atoms. The second-order valence-electron chi connectivity index (χ2n) is 8.53. The zero-order chi connectivity index (χ0) is 26.1. The lowest BCUT2D eigenvalue weighted by atomic mass is 10.1. The van der Waals surface area contributed by atoms with Gasteiger partial charge in [0, 0.05) is 44.2 Å². The maximum absolute atomic E-state index is 12.8. The highest BCUT2D eigenvalue weighted by atomic mass is 35.5. The van der Waals surface area contributed by atoms with E-state index in [1.165, 1.54) is 12.1 Å². The Kier molecular flexibility index (Phi) is 10.2. The van der Waals surface area contributed by atoms with E-state index in [0.717, 1.165) is 17.7 Å². The van der Waals surface area contributed by atoms with E-state index in [-0.39, 0.29) is 37.4 Å². The van der Waals surface area contributed by atoms with Gasteiger partial charge in [-0.15, -0.1) is 0 Å². The van der Waals surface area contributed by atoms with Gasteiger partial charge in [-0.1, -0.05) is 35.9 Å². The van der Waals surface area contributed by atoms with Crippen LogP contribution in [0.25, 0.3) is 0 Å². The number of nitrogens with zero attached hydrogens (tertiary/aromatic N) is 2. The van der Waals surface area contributed by atoms with E-state index in [4.69, 9.17) is 21.1 Å². The van der Waals surface area contributed by atoms with E-state index in [2.05, 4.69) is 4.90 Å². The van der Waals surface area contributed by atoms with E-state index in [1.54, 1.807) is 24.0 Å². The molecule has 1 amide bonds. The summed E-state index contributed by atoms with van der Waals surface area (Å²) in [5.41, 5.74) is 0.841. The number of carbonyl (C=O) groups excluding carboxylic acids is 2. The monoisotopic (exact) mass is 526 g/mol. The Morgan fingerprint density at radius 2 is 1.61 bits per heavy atom. The van der Waals surface area contributed by atoms with Crippen LogP contribution in [-0.2, 0) is 31.8 Å². The molecule has 0 saturated carbocycles. The average molecular weight is 527 g/mol. The van der Waals surface area contributed by atoms with Gasteiger partial charge in [0.1, 0.15) is 0 Å². The highest BCUT2D eigenvalue weighted by molar-refractivity contribution is 6.30. The Morgan fingerprint density at radius 1 is 0.972 bits per heavy atom. The van der Waals surface area contributed by atoms with Gasteiger partial charge in [-0.05, 0) is 42.3 Å². The quantitative estimate of drug-likeness (QED) is 0.403. The Morgan fingerprint density at radius 3 is 2.19 bits per heavy atom. The normalized spacial score (nSPS) is 15.5. The third-order valence-electron chi connectivity index (χ3n) is 5.97. The first-order valence-corrected chi connectivity index (χ1v) is 12.2. The Bertz CT molecular complexity index is 992. The fourth-order valence-electron chi connectivity index (χ4n) is 3.93. The molecule has 0 N–H and O–H groups in total. The number of benzene rings is 2. The van der Waals surface area contributed by atoms with E-state index in [9.17, 15) is 22.8 Å². The van der Waals surface area contributed by atoms with Gasteiger partial charge in [0.25, 0.3) is 0 Å². The lowest BCUT2D eigenvalue weighted by Gasteiger charge is -2.36. The molecule has 1 saturated heterocycles. The number of amides is 1. The van der Waals surface area contributed by atoms with Crippen LogP contribution >= 0.6 is 11.6 Å². The summed E-state index contributed by atoms with van der Waals surface area (Å²) in [5.74, 6) is -0.448. The topological polar surface area (TPSA) is 59.1 Å². The number of alkyl halides is 3. The summed E-state index contributed by atoms with van der Waals surface area (Å²) >= 11 is 6.03. The molecule has 196 valence electrons. The molecule has 1 aliphatic rings. The van der Waals surface area contributed by atoms with Crippen molar-refractivity contribution in [3.05, 3.63) is 70.2 Å². The Balaban J connectivity index is 1.56. The molecular formula is C26H30ClF3N2O4. The molecule has 0 bridgehead atoms. The van der Waals surface area contributed by atoms with Crippen LogP contribution < -0.4 is 0 Å². The Hall–Kier alpha value is -2.62. The first kappa shape index (κ1) is 28.0. The van der Waals surface area contributed by atoms with Crippen molar-refractivity contribution in [2.45, 2.75) is 38.7 Å². The van der Waals surface area contributed by atoms with Gasteiger partial charge < -0.3 is 14.4 Å². The van der Waals surface area contributed by atoms with Gasteiger partial charge in [0.2, 0.25) is 5.91 Å². The van der Waals surface area contributed by atoms with Crippen molar-refractivity contribution in [3.63, 3.8) is 0 Å². The highest BCUT2D eigenvalue weighted by Gasteiger charge is 2.30. The van der Waals surface area contributed by atoms with Crippen LogP contribution in [0.1, 0.15) is 42.6 Å². The number of hydrogen-bond donors (Lipinski definition) is 0. The fourth-order valence-corrected chi connectivity index (χ4v) is 4.06. The predicted molar refractivity (Wildman–Crippen MR) is 129 cm³/mol. The molecular weight excluding hydrogens is 497 g/mol. The molecule has 0 aliphatic carbocycles. The van der Waals surface area contributed by atoms with Crippen LogP contribution in [0.4, 0.5) is 13.2 Å². The number of piperazine rings is 1. The van der Waals surface area contributed by atoms with Crippen LogP contribution in [0.15, 0.2) is 48.5 Å². The summed E-state index contributed by atoms with van der Waals surface area (Å²) in [5, 5.41) is 0.593. The number of halogens is 4. The molecule has 0 radical (unpaired) electrons. The number of hydrogen-bond acceptors (Lipinski definition) is 5. The number of ether oxygens (including phenoxy) is 2. The zero-order valence-corrected chi connectivity index (χ0v) is 20.9. The molecule has 1 fully saturated rings. The minimum atomic E-state index is -4.38. The van der Waals surface area contributed by atoms with Gasteiger partial charge in [-0.3, -0.25) is 14.5 Å². The summed E-state index contributed by atoms with van der Waals surface area (Å²) in [6.45, 7) is 5.06. The Labute approximate surface area is 213 Å². The molecule has 3 rings (SSSR count). The third-order valence-corrected chi connectivity index (χ3v) is 6.22. The van der Waals surface area contributed by atoms with Crippen LogP contribution in [0.5, 0.6) is 0 Å². The summed E-state index contributed by atoms with van der Waals surface area (Å²) in [4.78, 5) is 27.9. The maximum atomic E-state index is 12.8. The molecule has 2 aromatic rings. The van der Waals surface area contributed by atoms with Crippen LogP contribution in [0, 0.1) is 0 Å². The molecule has 0 aromatic heterocycles. The van der Waals surface area contributed by atoms with Crippen molar-refractivity contribution in [3.8, 4) is 0 Å². The zero-order valence-electron chi connectivity index (χ0n) is 20.1. The molecule has 2 aromatic carbocycles. The third kappa shape index (κ3) is 8.50. The first-order chi connectivity index (χ1) is 17.2. The first-order valence-electron chi connectivity index (χ1n) is 11.8. The van der Waals surface area contributed by atoms with E-state index >= 15 is 0 Å². The van der Waals surface area contributed by atoms with Crippen molar-refractivity contribution < 1.29 is 32.2 Å². The molecule has 1 heterocycles. The van der Waals surface area contributed by atoms with Crippen LogP contribution in [-0.4, -0.2) is 61.0 Å². The largest absolute Gasteiger partial charge is 0.466 e. The molecule has 0 spiro atoms. The number of rotatable bonds is 10. The standard InChI is InChI=1S/C26H30ClF3N2O4/c1-2-35-25(34)12-11-24(33)32-15-13-31(14-16-32)17-23(20-5-9-22(27)10-6-20)36-18-19-3-7-21(8-4-19)26(28,29)30/h3-10,23H,2,11-18H2,1H3. The number of carbonyl (C=O) groups is 2. The molecule has 1 unspecified atom stereocenters. The summed E-state index contributed by atoms with van der Waals surface area (Å²) in [6, 6.07) is 12.2. The van der Waals surface area contributed by atoms with Crippen molar-refractivity contribution >= 4 is 23.5 Å². The van der Waals surface area contributed by atoms with Crippen molar-refractivity contribution in [1.82, 2.24) is 9.80 Å². The second kappa shape index (κ2) is 13.1. The number of esters is 1. The van der Waals surface area contributed by atoms with Gasteiger partial charge in [-0.25, -0.2) is 0 Å². The second-order valence-corrected chi connectivity index (χ2v) is 8.97. The van der Waals surface area contributed by atoms with Crippen LogP contribution in [0.3, 0.4) is 0 Å². The van der Waals surface area contributed by atoms with E-state index in [1.807, 2.05) is 12.1 Å². The molecule has 6 nitrogen and oxygen atoms in total. The highest BCUT2D eigenvalue weighted by Crippen LogP contribution is 2.30. The van der Waals surface area contributed by atoms with E-state index < -0.39 is 11.7 Å². The predicted octanol–water partition coefficient (Wildman–Crippen LogP) is 5.10. The average Bonchev–Trinajstić information content (AvgIpc) is 2.86.